The van der Waals surface area contributed by atoms with Crippen molar-refractivity contribution in [2.45, 2.75) is 38.3 Å². The van der Waals surface area contributed by atoms with Gasteiger partial charge in [0, 0.05) is 51.0 Å². The molecule has 0 unspecified atom stereocenters. The normalized spacial score (nSPS) is 11.6. The first-order chi connectivity index (χ1) is 19.7. The molecular formula is C26H36N10O5. The fourth-order valence-corrected chi connectivity index (χ4v) is 3.86. The molecule has 3 rings (SSSR count). The van der Waals surface area contributed by atoms with Gasteiger partial charge in [-0.25, -0.2) is 9.97 Å². The lowest BCUT2D eigenvalue weighted by Crippen LogP contribution is -2.47. The quantitative estimate of drug-likeness (QED) is 0.110. The van der Waals surface area contributed by atoms with Crippen molar-refractivity contribution in [2.75, 3.05) is 49.7 Å². The Labute approximate surface area is 236 Å². The molecular weight excluding hydrogens is 532 g/mol. The maximum Gasteiger partial charge on any atom is 0.251 e. The van der Waals surface area contributed by atoms with Crippen LogP contribution >= 0.6 is 0 Å². The average Bonchev–Trinajstić information content (AvgIpc) is 2.95. The number of nitrogens with one attached hydrogen (secondary N) is 3. The van der Waals surface area contributed by atoms with Crippen molar-refractivity contribution in [2.24, 2.45) is 0 Å². The number of fused-ring (bicyclic) bond motifs is 1. The van der Waals surface area contributed by atoms with Crippen LogP contribution in [0.25, 0.3) is 11.2 Å². The predicted octanol–water partition coefficient (Wildman–Crippen LogP) is -0.904. The molecule has 3 aromatic rings. The summed E-state index contributed by atoms with van der Waals surface area (Å²) >= 11 is 0. The van der Waals surface area contributed by atoms with Crippen LogP contribution in [0, 0.1) is 0 Å². The monoisotopic (exact) mass is 568 g/mol. The van der Waals surface area contributed by atoms with Crippen LogP contribution in [0.3, 0.4) is 0 Å². The molecule has 0 aliphatic rings. The molecule has 9 N–H and O–H groups in total. The summed E-state index contributed by atoms with van der Waals surface area (Å²) in [5.41, 5.74) is 13.9. The largest absolute Gasteiger partial charge is 0.396 e. The molecule has 0 bridgehead atoms. The molecule has 15 heteroatoms. The first-order valence-corrected chi connectivity index (χ1v) is 13.1. The van der Waals surface area contributed by atoms with Gasteiger partial charge >= 0.3 is 0 Å². The van der Waals surface area contributed by atoms with E-state index in [0.717, 1.165) is 5.69 Å². The molecule has 0 saturated carbocycles. The van der Waals surface area contributed by atoms with Gasteiger partial charge in [0.05, 0.1) is 18.4 Å². The maximum atomic E-state index is 13.0. The van der Waals surface area contributed by atoms with E-state index >= 15 is 0 Å². The zero-order chi connectivity index (χ0) is 29.8. The Morgan fingerprint density at radius 3 is 2.34 bits per heavy atom. The van der Waals surface area contributed by atoms with E-state index in [2.05, 4.69) is 35.9 Å². The second-order valence-electron chi connectivity index (χ2n) is 9.26. The van der Waals surface area contributed by atoms with E-state index in [-0.39, 0.29) is 50.3 Å². The van der Waals surface area contributed by atoms with Crippen molar-refractivity contribution in [1.82, 2.24) is 35.9 Å². The Morgan fingerprint density at radius 1 is 0.976 bits per heavy atom. The van der Waals surface area contributed by atoms with Crippen LogP contribution in [0.4, 0.5) is 17.5 Å². The van der Waals surface area contributed by atoms with E-state index in [9.17, 15) is 14.4 Å². The molecule has 15 nitrogen and oxygen atoms in total. The van der Waals surface area contributed by atoms with Crippen LogP contribution in [0.1, 0.15) is 41.7 Å². The number of rotatable bonds is 15. The Bertz CT molecular complexity index is 1340. The SMILES string of the molecule is CN(Cc1cnc2nc(N)nc(N)c2n1)c1ccc(C(=O)N[C@@H](CCC(=O)NCCCO)C(=O)NCCCO)cc1. The van der Waals surface area contributed by atoms with Gasteiger partial charge in [0.1, 0.15) is 6.04 Å². The van der Waals surface area contributed by atoms with Gasteiger partial charge in [0.15, 0.2) is 17.0 Å². The lowest BCUT2D eigenvalue weighted by Gasteiger charge is -2.20. The first-order valence-electron chi connectivity index (χ1n) is 13.1. The minimum absolute atomic E-state index is 0.0103. The number of amides is 3. The number of benzene rings is 1. The Hall–Kier alpha value is -4.63. The van der Waals surface area contributed by atoms with Crippen LogP contribution in [-0.4, -0.2) is 87.3 Å². The second kappa shape index (κ2) is 15.2. The van der Waals surface area contributed by atoms with Crippen LogP contribution in [-0.2, 0) is 16.1 Å². The van der Waals surface area contributed by atoms with Gasteiger partial charge in [-0.3, -0.25) is 14.4 Å². The Balaban J connectivity index is 1.63. The van der Waals surface area contributed by atoms with Crippen molar-refractivity contribution in [3.8, 4) is 0 Å². The minimum atomic E-state index is -0.953. The molecule has 0 radical (unpaired) electrons. The highest BCUT2D eigenvalue weighted by atomic mass is 16.3. The highest BCUT2D eigenvalue weighted by Gasteiger charge is 2.22. The first kappa shape index (κ1) is 30.9. The highest BCUT2D eigenvalue weighted by Crippen LogP contribution is 2.19. The minimum Gasteiger partial charge on any atom is -0.396 e. The smallest absolute Gasteiger partial charge is 0.251 e. The fourth-order valence-electron chi connectivity index (χ4n) is 3.86. The topological polar surface area (TPSA) is 235 Å². The number of carbonyl (C=O) groups is 3. The van der Waals surface area contributed by atoms with Crippen molar-refractivity contribution < 1.29 is 24.6 Å². The van der Waals surface area contributed by atoms with Crippen molar-refractivity contribution >= 4 is 46.3 Å². The van der Waals surface area contributed by atoms with Crippen LogP contribution in [0.15, 0.2) is 30.5 Å². The van der Waals surface area contributed by atoms with E-state index in [1.165, 1.54) is 0 Å². The third kappa shape index (κ3) is 9.22. The van der Waals surface area contributed by atoms with Crippen LogP contribution in [0.5, 0.6) is 0 Å². The molecule has 0 aliphatic carbocycles. The number of hydrogen-bond donors (Lipinski definition) is 7. The van der Waals surface area contributed by atoms with Gasteiger partial charge < -0.3 is 42.5 Å². The molecule has 2 heterocycles. The van der Waals surface area contributed by atoms with E-state index < -0.39 is 17.9 Å². The lowest BCUT2D eigenvalue weighted by molar-refractivity contribution is -0.124. The number of hydrogen-bond acceptors (Lipinski definition) is 12. The number of nitrogen functional groups attached to an aromatic ring is 2. The van der Waals surface area contributed by atoms with Gasteiger partial charge in [-0.2, -0.15) is 9.97 Å². The summed E-state index contributed by atoms with van der Waals surface area (Å²) in [7, 11) is 1.85. The number of carbonyl (C=O) groups excluding carboxylic acids is 3. The number of aliphatic hydroxyl groups is 2. The van der Waals surface area contributed by atoms with Gasteiger partial charge in [-0.05, 0) is 43.5 Å². The Morgan fingerprint density at radius 2 is 1.66 bits per heavy atom. The number of aliphatic hydroxyl groups excluding tert-OH is 2. The van der Waals surface area contributed by atoms with E-state index in [4.69, 9.17) is 21.7 Å². The van der Waals surface area contributed by atoms with E-state index in [0.29, 0.717) is 48.4 Å². The van der Waals surface area contributed by atoms with Crippen molar-refractivity contribution in [3.63, 3.8) is 0 Å². The Kier molecular flexibility index (Phi) is 11.5. The maximum absolute atomic E-state index is 13.0. The molecule has 220 valence electrons. The predicted molar refractivity (Wildman–Crippen MR) is 152 cm³/mol. The van der Waals surface area contributed by atoms with Crippen molar-refractivity contribution in [1.29, 1.82) is 0 Å². The van der Waals surface area contributed by atoms with E-state index in [1.54, 1.807) is 30.5 Å². The second-order valence-corrected chi connectivity index (χ2v) is 9.26. The van der Waals surface area contributed by atoms with Crippen LogP contribution < -0.4 is 32.3 Å². The summed E-state index contributed by atoms with van der Waals surface area (Å²) in [6.45, 7) is 0.811. The van der Waals surface area contributed by atoms with Gasteiger partial charge in [0.2, 0.25) is 17.8 Å². The zero-order valence-electron chi connectivity index (χ0n) is 22.8. The summed E-state index contributed by atoms with van der Waals surface area (Å²) in [4.78, 5) is 56.3. The van der Waals surface area contributed by atoms with E-state index in [1.807, 2.05) is 11.9 Å². The summed E-state index contributed by atoms with van der Waals surface area (Å²) in [6, 6.07) is 5.82. The van der Waals surface area contributed by atoms with Gasteiger partial charge in [-0.15, -0.1) is 0 Å². The molecule has 2 aromatic heterocycles. The van der Waals surface area contributed by atoms with Gasteiger partial charge in [0.25, 0.3) is 5.91 Å². The fraction of sp³-hybridized carbons (Fsp3) is 0.423. The molecule has 0 aliphatic heterocycles. The van der Waals surface area contributed by atoms with Gasteiger partial charge in [-0.1, -0.05) is 0 Å². The summed E-state index contributed by atoms with van der Waals surface area (Å²) in [5, 5.41) is 25.9. The third-order valence-corrected chi connectivity index (χ3v) is 6.04. The zero-order valence-corrected chi connectivity index (χ0v) is 22.8. The number of aromatic nitrogens is 4. The third-order valence-electron chi connectivity index (χ3n) is 6.04. The number of nitrogens with zero attached hydrogens (tertiary/aromatic N) is 5. The summed E-state index contributed by atoms with van der Waals surface area (Å²) in [5.74, 6) is -1.05. The summed E-state index contributed by atoms with van der Waals surface area (Å²) in [6.07, 6.45) is 2.45. The molecule has 1 aromatic carbocycles. The molecule has 0 saturated heterocycles. The molecule has 1 atom stereocenters. The molecule has 3 amide bonds. The lowest BCUT2D eigenvalue weighted by atomic mass is 10.1. The molecule has 0 fully saturated rings. The summed E-state index contributed by atoms with van der Waals surface area (Å²) < 4.78 is 0. The number of nitrogens with two attached hydrogens (primary N) is 2. The number of anilines is 3. The standard InChI is InChI=1S/C26H36N10O5/c1-36(15-17-14-31-23-21(32-17)22(27)34-26(28)35-23)18-6-4-16(5-7-18)24(40)33-19(25(41)30-11-3-13-38)8-9-20(39)29-10-2-12-37/h4-7,14,19,37-38H,2-3,8-13,15H2,1H3,(H,29,39)(H,30,41)(H,33,40)(H4,27,28,31,34,35)/t19-/m0/s1. The highest BCUT2D eigenvalue weighted by molar-refractivity contribution is 5.98. The molecule has 41 heavy (non-hydrogen) atoms. The average molecular weight is 569 g/mol. The van der Waals surface area contributed by atoms with Crippen molar-refractivity contribution in [3.05, 3.63) is 41.7 Å². The van der Waals surface area contributed by atoms with Crippen LogP contribution in [0.2, 0.25) is 0 Å². The molecule has 0 spiro atoms.